The van der Waals surface area contributed by atoms with Gasteiger partial charge < -0.3 is 9.47 Å². The van der Waals surface area contributed by atoms with E-state index in [4.69, 9.17) is 21.1 Å². The molecule has 2 aromatic rings. The number of hydrogen-bond donors (Lipinski definition) is 0. The van der Waals surface area contributed by atoms with Crippen LogP contribution in [0.5, 0.6) is 11.5 Å². The van der Waals surface area contributed by atoms with Crippen LogP contribution in [0, 0.1) is 0 Å². The Morgan fingerprint density at radius 3 is 2.80 bits per heavy atom. The van der Waals surface area contributed by atoms with E-state index in [1.165, 1.54) is 11.3 Å². The van der Waals surface area contributed by atoms with E-state index in [1.54, 1.807) is 6.07 Å². The van der Waals surface area contributed by atoms with E-state index in [0.29, 0.717) is 21.4 Å². The average molecular weight is 241 g/mol. The van der Waals surface area contributed by atoms with Crippen molar-refractivity contribution in [2.45, 2.75) is 0 Å². The highest BCUT2D eigenvalue weighted by molar-refractivity contribution is 7.23. The van der Waals surface area contributed by atoms with Crippen LogP contribution in [0.25, 0.3) is 10.1 Å². The van der Waals surface area contributed by atoms with Gasteiger partial charge in [-0.1, -0.05) is 11.6 Å². The third kappa shape index (κ3) is 1.22. The number of benzene rings is 1. The summed E-state index contributed by atoms with van der Waals surface area (Å²) < 4.78 is 11.9. The summed E-state index contributed by atoms with van der Waals surface area (Å²) in [7, 11) is 0. The normalized spacial score (nSPS) is 13.4. The lowest BCUT2D eigenvalue weighted by atomic mass is 10.2. The van der Waals surface area contributed by atoms with Crippen molar-refractivity contribution in [3.63, 3.8) is 0 Å². The number of ether oxygens (including phenoxy) is 2. The summed E-state index contributed by atoms with van der Waals surface area (Å²) in [6, 6.07) is 3.64. The Balaban J connectivity index is 2.37. The molecule has 0 bridgehead atoms. The smallest absolute Gasteiger partial charge is 0.231 e. The predicted molar refractivity (Wildman–Crippen MR) is 58.3 cm³/mol. The van der Waals surface area contributed by atoms with Crippen LogP contribution in [-0.4, -0.2) is 13.1 Å². The molecule has 1 aliphatic rings. The highest BCUT2D eigenvalue weighted by Gasteiger charge is 2.18. The van der Waals surface area contributed by atoms with Gasteiger partial charge in [0.15, 0.2) is 17.8 Å². The summed E-state index contributed by atoms with van der Waals surface area (Å²) in [6.07, 6.45) is 0.767. The van der Waals surface area contributed by atoms with Gasteiger partial charge in [-0.15, -0.1) is 11.3 Å². The Kier molecular flexibility index (Phi) is 1.87. The van der Waals surface area contributed by atoms with Crippen LogP contribution in [-0.2, 0) is 0 Å². The predicted octanol–water partition coefficient (Wildman–Crippen LogP) is 3.10. The first kappa shape index (κ1) is 9.00. The molecule has 0 fully saturated rings. The average Bonchev–Trinajstić information content (AvgIpc) is 2.76. The molecule has 3 rings (SSSR count). The molecule has 1 aliphatic heterocycles. The first-order valence-corrected chi connectivity index (χ1v) is 5.46. The zero-order chi connectivity index (χ0) is 10.4. The van der Waals surface area contributed by atoms with Gasteiger partial charge in [-0.25, -0.2) is 0 Å². The molecule has 0 amide bonds. The molecular weight excluding hydrogens is 236 g/mol. The first-order chi connectivity index (χ1) is 7.29. The van der Waals surface area contributed by atoms with Gasteiger partial charge in [0, 0.05) is 16.2 Å². The second-order valence-corrected chi connectivity index (χ2v) is 4.76. The van der Waals surface area contributed by atoms with Crippen molar-refractivity contribution in [1.29, 1.82) is 0 Å². The highest BCUT2D eigenvalue weighted by atomic mass is 35.5. The van der Waals surface area contributed by atoms with Crippen LogP contribution in [0.1, 0.15) is 10.4 Å². The number of carbonyl (C=O) groups excluding carboxylic acids is 1. The summed E-state index contributed by atoms with van der Waals surface area (Å²) >= 11 is 7.31. The van der Waals surface area contributed by atoms with Crippen molar-refractivity contribution < 1.29 is 14.3 Å². The molecule has 0 atom stereocenters. The maximum Gasteiger partial charge on any atom is 0.231 e. The van der Waals surface area contributed by atoms with E-state index < -0.39 is 0 Å². The minimum atomic E-state index is 0.233. The summed E-state index contributed by atoms with van der Waals surface area (Å²) in [4.78, 5) is 10.9. The minimum absolute atomic E-state index is 0.233. The second-order valence-electron chi connectivity index (χ2n) is 3.11. The Morgan fingerprint density at radius 2 is 2.07 bits per heavy atom. The Morgan fingerprint density at radius 1 is 1.33 bits per heavy atom. The van der Waals surface area contributed by atoms with E-state index in [9.17, 15) is 4.79 Å². The van der Waals surface area contributed by atoms with Gasteiger partial charge in [0.05, 0.1) is 5.56 Å². The standard InChI is InChI=1S/C10H5ClO3S/c11-10-6(3-12)5-1-7-8(14-4-13-7)2-9(5)15-10/h1-3H,4H2. The van der Waals surface area contributed by atoms with Crippen LogP contribution >= 0.6 is 22.9 Å². The molecule has 0 saturated carbocycles. The topological polar surface area (TPSA) is 35.5 Å². The van der Waals surface area contributed by atoms with Gasteiger partial charge in [0.1, 0.15) is 4.34 Å². The van der Waals surface area contributed by atoms with Gasteiger partial charge in [0.2, 0.25) is 6.79 Å². The van der Waals surface area contributed by atoms with E-state index in [1.807, 2.05) is 6.07 Å². The lowest BCUT2D eigenvalue weighted by Crippen LogP contribution is -1.92. The van der Waals surface area contributed by atoms with E-state index >= 15 is 0 Å². The molecule has 0 radical (unpaired) electrons. The fraction of sp³-hybridized carbons (Fsp3) is 0.100. The maximum absolute atomic E-state index is 10.9. The second kappa shape index (κ2) is 3.12. The lowest BCUT2D eigenvalue weighted by Gasteiger charge is -1.95. The summed E-state index contributed by atoms with van der Waals surface area (Å²) in [5.74, 6) is 1.37. The van der Waals surface area contributed by atoms with Crippen LogP contribution < -0.4 is 9.47 Å². The Labute approximate surface area is 94.2 Å². The highest BCUT2D eigenvalue weighted by Crippen LogP contribution is 2.42. The molecule has 0 unspecified atom stereocenters. The van der Waals surface area contributed by atoms with E-state index in [2.05, 4.69) is 0 Å². The Hall–Kier alpha value is -1.26. The first-order valence-electron chi connectivity index (χ1n) is 4.26. The summed E-state index contributed by atoms with van der Waals surface area (Å²) in [5, 5.41) is 0.823. The van der Waals surface area contributed by atoms with Crippen LogP contribution in [0.15, 0.2) is 12.1 Å². The molecule has 0 saturated heterocycles. The third-order valence-corrected chi connectivity index (χ3v) is 3.69. The van der Waals surface area contributed by atoms with Gasteiger partial charge in [-0.2, -0.15) is 0 Å². The SMILES string of the molecule is O=Cc1c(Cl)sc2cc3c(cc12)OCO3. The number of hydrogen-bond acceptors (Lipinski definition) is 4. The number of fused-ring (bicyclic) bond motifs is 2. The van der Waals surface area contributed by atoms with Crippen molar-refractivity contribution in [2.75, 3.05) is 6.79 Å². The quantitative estimate of drug-likeness (QED) is 0.719. The Bertz CT molecular complexity index is 561. The molecule has 2 heterocycles. The largest absolute Gasteiger partial charge is 0.454 e. The molecule has 1 aromatic carbocycles. The van der Waals surface area contributed by atoms with Crippen molar-refractivity contribution in [3.8, 4) is 11.5 Å². The van der Waals surface area contributed by atoms with Crippen molar-refractivity contribution in [1.82, 2.24) is 0 Å². The molecule has 0 N–H and O–H groups in total. The number of aldehydes is 1. The molecular formula is C10H5ClO3S. The van der Waals surface area contributed by atoms with Crippen LogP contribution in [0.4, 0.5) is 0 Å². The van der Waals surface area contributed by atoms with Gasteiger partial charge >= 0.3 is 0 Å². The van der Waals surface area contributed by atoms with Gasteiger partial charge in [-0.05, 0) is 6.07 Å². The summed E-state index contributed by atoms with van der Waals surface area (Å²) in [6.45, 7) is 0.233. The molecule has 0 aliphatic carbocycles. The zero-order valence-corrected chi connectivity index (χ0v) is 9.02. The fourth-order valence-corrected chi connectivity index (χ4v) is 2.89. The molecule has 1 aromatic heterocycles. The minimum Gasteiger partial charge on any atom is -0.454 e. The number of carbonyl (C=O) groups is 1. The maximum atomic E-state index is 10.9. The van der Waals surface area contributed by atoms with Crippen molar-refractivity contribution >= 4 is 39.3 Å². The van der Waals surface area contributed by atoms with Crippen LogP contribution in [0.3, 0.4) is 0 Å². The molecule has 5 heteroatoms. The molecule has 3 nitrogen and oxygen atoms in total. The third-order valence-electron chi connectivity index (χ3n) is 2.29. The summed E-state index contributed by atoms with van der Waals surface area (Å²) in [5.41, 5.74) is 0.523. The van der Waals surface area contributed by atoms with E-state index in [0.717, 1.165) is 16.4 Å². The molecule has 76 valence electrons. The monoisotopic (exact) mass is 240 g/mol. The number of halogens is 1. The molecule has 0 spiro atoms. The molecule has 15 heavy (non-hydrogen) atoms. The van der Waals surface area contributed by atoms with E-state index in [-0.39, 0.29) is 6.79 Å². The number of rotatable bonds is 1. The lowest BCUT2D eigenvalue weighted by molar-refractivity contribution is 0.112. The number of thiophene rings is 1. The van der Waals surface area contributed by atoms with Gasteiger partial charge in [0.25, 0.3) is 0 Å². The van der Waals surface area contributed by atoms with Crippen molar-refractivity contribution in [3.05, 3.63) is 22.0 Å². The fourth-order valence-electron chi connectivity index (χ4n) is 1.59. The zero-order valence-electron chi connectivity index (χ0n) is 7.45. The van der Waals surface area contributed by atoms with Crippen LogP contribution in [0.2, 0.25) is 4.34 Å². The van der Waals surface area contributed by atoms with Gasteiger partial charge in [-0.3, -0.25) is 4.79 Å². The van der Waals surface area contributed by atoms with Crippen molar-refractivity contribution in [2.24, 2.45) is 0 Å².